The van der Waals surface area contributed by atoms with Crippen LogP contribution in [0.2, 0.25) is 5.28 Å². The maximum Gasteiger partial charge on any atom is 0.266 e. The first-order valence-corrected chi connectivity index (χ1v) is 12.6. The van der Waals surface area contributed by atoms with Gasteiger partial charge < -0.3 is 10.6 Å². The van der Waals surface area contributed by atoms with Gasteiger partial charge in [-0.1, -0.05) is 42.3 Å². The molecule has 0 bridgehead atoms. The molecule has 4 rings (SSSR count). The molecule has 1 aliphatic carbocycles. The smallest absolute Gasteiger partial charge is 0.266 e. The molecule has 1 unspecified atom stereocenters. The number of aromatic nitrogens is 2. The van der Waals surface area contributed by atoms with E-state index in [4.69, 9.17) is 11.6 Å². The third kappa shape index (κ3) is 6.16. The first-order chi connectivity index (χ1) is 17.2. The van der Waals surface area contributed by atoms with Crippen molar-refractivity contribution < 1.29 is 18.0 Å². The van der Waals surface area contributed by atoms with E-state index in [0.717, 1.165) is 43.1 Å². The first-order valence-electron chi connectivity index (χ1n) is 12.2. The van der Waals surface area contributed by atoms with E-state index in [-0.39, 0.29) is 22.5 Å². The minimum absolute atomic E-state index is 0.0281. The van der Waals surface area contributed by atoms with E-state index in [1.54, 1.807) is 13.0 Å². The van der Waals surface area contributed by atoms with Crippen molar-refractivity contribution >= 4 is 23.2 Å². The van der Waals surface area contributed by atoms with Gasteiger partial charge >= 0.3 is 0 Å². The molecular formula is C27H30ClF3N4O. The second-order valence-electron chi connectivity index (χ2n) is 9.48. The van der Waals surface area contributed by atoms with Crippen molar-refractivity contribution in [2.24, 2.45) is 5.92 Å². The van der Waals surface area contributed by atoms with Crippen LogP contribution in [-0.4, -0.2) is 28.8 Å². The molecule has 0 amide bonds. The van der Waals surface area contributed by atoms with Crippen molar-refractivity contribution in [3.8, 4) is 0 Å². The molecule has 1 aromatic carbocycles. The lowest BCUT2D eigenvalue weighted by Gasteiger charge is -2.19. The number of halogens is 4. The molecule has 1 aliphatic heterocycles. The van der Waals surface area contributed by atoms with Crippen molar-refractivity contribution in [3.05, 3.63) is 75.0 Å². The Hall–Kier alpha value is -2.71. The Balaban J connectivity index is 1.48. The standard InChI is InChI=1S/C27H30ClF3N4O/c1-15(18-5-4-9-32-10-8-18)11-19(36)12-17-13-22-23(14-17)34-27(28)35-26(22)33-16(2)20-6-3-7-21(24(20)29)25(30)31/h3,5-7,12,15-16,25,32H,4,8-11,13-14H2,1-2H3,(H,33,34,35)/t15?,16-/m1/s1. The Labute approximate surface area is 214 Å². The highest BCUT2D eigenvalue weighted by atomic mass is 35.5. The van der Waals surface area contributed by atoms with Crippen LogP contribution in [0.4, 0.5) is 19.0 Å². The van der Waals surface area contributed by atoms with Crippen LogP contribution < -0.4 is 10.6 Å². The summed E-state index contributed by atoms with van der Waals surface area (Å²) in [6.45, 7) is 5.66. The predicted molar refractivity (Wildman–Crippen MR) is 135 cm³/mol. The van der Waals surface area contributed by atoms with Gasteiger partial charge in [-0.25, -0.2) is 23.1 Å². The molecule has 36 heavy (non-hydrogen) atoms. The van der Waals surface area contributed by atoms with Crippen molar-refractivity contribution in [2.45, 2.75) is 58.4 Å². The average molecular weight is 519 g/mol. The quantitative estimate of drug-likeness (QED) is 0.243. The number of benzene rings is 1. The van der Waals surface area contributed by atoms with E-state index >= 15 is 0 Å². The second kappa shape index (κ2) is 11.6. The van der Waals surface area contributed by atoms with Gasteiger partial charge in [0.05, 0.1) is 17.3 Å². The molecule has 0 spiro atoms. The summed E-state index contributed by atoms with van der Waals surface area (Å²) >= 11 is 6.14. The van der Waals surface area contributed by atoms with Gasteiger partial charge in [0.2, 0.25) is 5.28 Å². The van der Waals surface area contributed by atoms with Gasteiger partial charge in [0, 0.05) is 24.0 Å². The van der Waals surface area contributed by atoms with Crippen molar-refractivity contribution in [3.63, 3.8) is 0 Å². The van der Waals surface area contributed by atoms with Gasteiger partial charge in [-0.2, -0.15) is 0 Å². The molecular weight excluding hydrogens is 489 g/mol. The fourth-order valence-electron chi connectivity index (χ4n) is 4.90. The molecule has 2 N–H and O–H groups in total. The number of carbonyl (C=O) groups excluding carboxylic acids is 1. The zero-order chi connectivity index (χ0) is 25.8. The molecule has 5 nitrogen and oxygen atoms in total. The molecule has 2 atom stereocenters. The number of nitrogens with zero attached hydrogens (tertiary/aromatic N) is 2. The predicted octanol–water partition coefficient (Wildman–Crippen LogP) is 6.31. The minimum Gasteiger partial charge on any atom is -0.363 e. The largest absolute Gasteiger partial charge is 0.363 e. The number of ketones is 1. The lowest BCUT2D eigenvalue weighted by Crippen LogP contribution is -2.15. The summed E-state index contributed by atoms with van der Waals surface area (Å²) in [7, 11) is 0. The first kappa shape index (κ1) is 26.4. The molecule has 1 aromatic heterocycles. The van der Waals surface area contributed by atoms with Crippen LogP contribution in [-0.2, 0) is 17.6 Å². The summed E-state index contributed by atoms with van der Waals surface area (Å²) in [5, 5.41) is 6.51. The van der Waals surface area contributed by atoms with E-state index in [9.17, 15) is 18.0 Å². The van der Waals surface area contributed by atoms with Gasteiger partial charge in [0.15, 0.2) is 5.78 Å². The third-order valence-corrected chi connectivity index (χ3v) is 6.97. The summed E-state index contributed by atoms with van der Waals surface area (Å²) in [6, 6.07) is 3.31. The number of anilines is 1. The van der Waals surface area contributed by atoms with Gasteiger partial charge in [-0.3, -0.25) is 4.79 Å². The zero-order valence-electron chi connectivity index (χ0n) is 20.4. The average Bonchev–Trinajstić information content (AvgIpc) is 3.02. The van der Waals surface area contributed by atoms with Crippen molar-refractivity contribution in [1.29, 1.82) is 0 Å². The van der Waals surface area contributed by atoms with Gasteiger partial charge in [0.1, 0.15) is 11.6 Å². The summed E-state index contributed by atoms with van der Waals surface area (Å²) in [5.74, 6) is -0.274. The van der Waals surface area contributed by atoms with Crippen LogP contribution in [0.3, 0.4) is 0 Å². The van der Waals surface area contributed by atoms with E-state index in [0.29, 0.717) is 30.8 Å². The molecule has 2 aromatic rings. The van der Waals surface area contributed by atoms with Crippen LogP contribution in [0.25, 0.3) is 0 Å². The summed E-state index contributed by atoms with van der Waals surface area (Å²) < 4.78 is 40.9. The van der Waals surface area contributed by atoms with Crippen LogP contribution in [0.15, 0.2) is 41.5 Å². The van der Waals surface area contributed by atoms with Crippen molar-refractivity contribution in [2.75, 3.05) is 18.4 Å². The van der Waals surface area contributed by atoms with Crippen LogP contribution in [0.5, 0.6) is 0 Å². The Morgan fingerprint density at radius 3 is 2.75 bits per heavy atom. The number of carbonyl (C=O) groups is 1. The molecule has 2 aliphatic rings. The Morgan fingerprint density at radius 1 is 1.19 bits per heavy atom. The van der Waals surface area contributed by atoms with Gasteiger partial charge in [-0.15, -0.1) is 0 Å². The molecule has 0 radical (unpaired) electrons. The molecule has 0 fully saturated rings. The van der Waals surface area contributed by atoms with Crippen LogP contribution >= 0.6 is 11.6 Å². The Bertz CT molecular complexity index is 1200. The lowest BCUT2D eigenvalue weighted by atomic mass is 9.92. The number of allylic oxidation sites excluding steroid dienone is 2. The van der Waals surface area contributed by atoms with E-state index < -0.39 is 23.8 Å². The monoisotopic (exact) mass is 518 g/mol. The fraction of sp³-hybridized carbons (Fsp3) is 0.444. The SMILES string of the molecule is CC(CC(=O)C=C1Cc2nc(Cl)nc(N[C@H](C)c3cccc(C(F)F)c3F)c2C1)C1=CCCNCC1. The molecule has 192 valence electrons. The maximum absolute atomic E-state index is 14.7. The molecule has 0 saturated heterocycles. The second-order valence-corrected chi connectivity index (χ2v) is 9.82. The van der Waals surface area contributed by atoms with E-state index in [1.807, 2.05) is 0 Å². The minimum atomic E-state index is -2.90. The highest BCUT2D eigenvalue weighted by Crippen LogP contribution is 2.34. The molecule has 2 heterocycles. The topological polar surface area (TPSA) is 66.9 Å². The van der Waals surface area contributed by atoms with E-state index in [1.165, 1.54) is 17.7 Å². The highest BCUT2D eigenvalue weighted by molar-refractivity contribution is 6.28. The number of fused-ring (bicyclic) bond motifs is 1. The Morgan fingerprint density at radius 2 is 1.97 bits per heavy atom. The lowest BCUT2D eigenvalue weighted by molar-refractivity contribution is -0.115. The summed E-state index contributed by atoms with van der Waals surface area (Å²) in [5.41, 5.74) is 3.19. The zero-order valence-corrected chi connectivity index (χ0v) is 21.1. The molecule has 9 heteroatoms. The van der Waals surface area contributed by atoms with E-state index in [2.05, 4.69) is 33.6 Å². The highest BCUT2D eigenvalue weighted by Gasteiger charge is 2.26. The number of alkyl halides is 2. The maximum atomic E-state index is 14.7. The number of rotatable bonds is 8. The van der Waals surface area contributed by atoms with Crippen LogP contribution in [0, 0.1) is 11.7 Å². The molecule has 0 saturated carbocycles. The normalized spacial score (nSPS) is 18.5. The Kier molecular flexibility index (Phi) is 8.46. The van der Waals surface area contributed by atoms with Crippen molar-refractivity contribution in [1.82, 2.24) is 15.3 Å². The number of hydrogen-bond acceptors (Lipinski definition) is 5. The summed E-state index contributed by atoms with van der Waals surface area (Å²) in [6.07, 6.45) is 4.36. The fourth-order valence-corrected chi connectivity index (χ4v) is 5.09. The third-order valence-electron chi connectivity index (χ3n) is 6.80. The number of nitrogens with one attached hydrogen (secondary N) is 2. The van der Waals surface area contributed by atoms with Gasteiger partial charge in [-0.05, 0) is 62.9 Å². The van der Waals surface area contributed by atoms with Crippen LogP contribution in [0.1, 0.15) is 68.0 Å². The number of hydrogen-bond donors (Lipinski definition) is 2. The van der Waals surface area contributed by atoms with Gasteiger partial charge in [0.25, 0.3) is 6.43 Å². The summed E-state index contributed by atoms with van der Waals surface area (Å²) in [4.78, 5) is 21.4.